The number of nitrogens with one attached hydrogen (secondary N) is 3. The molecule has 2 aromatic carbocycles. The van der Waals surface area contributed by atoms with Crippen molar-refractivity contribution in [2.75, 3.05) is 32.1 Å². The molecule has 0 saturated carbocycles. The molecule has 2 heterocycles. The van der Waals surface area contributed by atoms with Gasteiger partial charge in [0.05, 0.1) is 12.2 Å². The van der Waals surface area contributed by atoms with Crippen molar-refractivity contribution in [3.63, 3.8) is 0 Å². The SMILES string of the molecule is CNc1ccc2c3c([nH]c2c1)C(C)(C)c1cc(OCC2CCNCC2)ccc1C3=O. The maximum atomic E-state index is 13.5. The third-order valence-corrected chi connectivity index (χ3v) is 6.79. The molecule has 0 amide bonds. The highest BCUT2D eigenvalue weighted by Gasteiger charge is 2.39. The van der Waals surface area contributed by atoms with Crippen molar-refractivity contribution < 1.29 is 9.53 Å². The van der Waals surface area contributed by atoms with Gasteiger partial charge in [-0.1, -0.05) is 19.9 Å². The molecule has 3 N–H and O–H groups in total. The summed E-state index contributed by atoms with van der Waals surface area (Å²) in [6.07, 6.45) is 2.31. The van der Waals surface area contributed by atoms with Crippen LogP contribution in [-0.4, -0.2) is 37.5 Å². The predicted molar refractivity (Wildman–Crippen MR) is 121 cm³/mol. The number of aromatic nitrogens is 1. The number of rotatable bonds is 4. The van der Waals surface area contributed by atoms with Gasteiger partial charge in [-0.15, -0.1) is 0 Å². The number of aromatic amines is 1. The first-order valence-electron chi connectivity index (χ1n) is 10.9. The summed E-state index contributed by atoms with van der Waals surface area (Å²) >= 11 is 0. The molecule has 0 bridgehead atoms. The van der Waals surface area contributed by atoms with Crippen molar-refractivity contribution in [3.8, 4) is 5.75 Å². The number of hydrogen-bond donors (Lipinski definition) is 3. The lowest BCUT2D eigenvalue weighted by Crippen LogP contribution is -2.31. The summed E-state index contributed by atoms with van der Waals surface area (Å²) in [5, 5.41) is 7.55. The molecule has 5 heteroatoms. The largest absolute Gasteiger partial charge is 0.493 e. The van der Waals surface area contributed by atoms with Gasteiger partial charge in [-0.2, -0.15) is 0 Å². The van der Waals surface area contributed by atoms with Crippen LogP contribution in [0.25, 0.3) is 10.9 Å². The van der Waals surface area contributed by atoms with Gasteiger partial charge >= 0.3 is 0 Å². The van der Waals surface area contributed by atoms with E-state index in [0.29, 0.717) is 5.92 Å². The molecular weight excluding hydrogens is 374 g/mol. The maximum absolute atomic E-state index is 13.5. The highest BCUT2D eigenvalue weighted by molar-refractivity contribution is 6.20. The smallest absolute Gasteiger partial charge is 0.195 e. The number of anilines is 1. The fraction of sp³-hybridized carbons (Fsp3) is 0.400. The molecule has 1 aromatic heterocycles. The van der Waals surface area contributed by atoms with E-state index in [9.17, 15) is 4.79 Å². The third-order valence-electron chi connectivity index (χ3n) is 6.79. The number of carbonyl (C=O) groups excluding carboxylic acids is 1. The molecule has 2 aliphatic rings. The van der Waals surface area contributed by atoms with Crippen molar-refractivity contribution in [3.05, 3.63) is 58.8 Å². The zero-order chi connectivity index (χ0) is 20.9. The highest BCUT2D eigenvalue weighted by atomic mass is 16.5. The lowest BCUT2D eigenvalue weighted by molar-refractivity contribution is 0.103. The summed E-state index contributed by atoms with van der Waals surface area (Å²) in [6.45, 7) is 7.24. The molecule has 30 heavy (non-hydrogen) atoms. The molecule has 5 rings (SSSR count). The van der Waals surface area contributed by atoms with Gasteiger partial charge in [-0.05, 0) is 67.7 Å². The van der Waals surface area contributed by atoms with Crippen LogP contribution in [0.1, 0.15) is 53.9 Å². The molecule has 1 fully saturated rings. The molecule has 0 radical (unpaired) electrons. The molecule has 5 nitrogen and oxygen atoms in total. The van der Waals surface area contributed by atoms with Gasteiger partial charge in [0.25, 0.3) is 0 Å². The van der Waals surface area contributed by atoms with E-state index in [1.807, 2.05) is 31.3 Å². The molecule has 0 unspecified atom stereocenters. The average molecular weight is 404 g/mol. The fourth-order valence-electron chi connectivity index (χ4n) is 4.92. The standard InChI is InChI=1S/C25H29N3O2/c1-25(2)20-13-17(30-14-15-8-10-27-11-9-15)5-7-18(20)23(29)22-19-6-4-16(26-3)12-21(19)28-24(22)25/h4-7,12-13,15,26-28H,8-11,14H2,1-3H3. The van der Waals surface area contributed by atoms with Crippen molar-refractivity contribution in [2.45, 2.75) is 32.1 Å². The number of ether oxygens (including phenoxy) is 1. The zero-order valence-electron chi connectivity index (χ0n) is 17.9. The van der Waals surface area contributed by atoms with Crippen LogP contribution in [0, 0.1) is 5.92 Å². The van der Waals surface area contributed by atoms with Gasteiger partial charge < -0.3 is 20.4 Å². The second-order valence-electron chi connectivity index (χ2n) is 9.05. The Morgan fingerprint density at radius 1 is 1.13 bits per heavy atom. The van der Waals surface area contributed by atoms with Crippen LogP contribution >= 0.6 is 0 Å². The number of piperidine rings is 1. The first-order chi connectivity index (χ1) is 14.5. The van der Waals surface area contributed by atoms with Crippen LogP contribution < -0.4 is 15.4 Å². The monoisotopic (exact) mass is 403 g/mol. The molecule has 0 spiro atoms. The second-order valence-corrected chi connectivity index (χ2v) is 9.05. The summed E-state index contributed by atoms with van der Waals surface area (Å²) in [5.74, 6) is 1.54. The number of ketones is 1. The van der Waals surface area contributed by atoms with Gasteiger partial charge in [0.15, 0.2) is 5.78 Å². The Morgan fingerprint density at radius 2 is 1.93 bits per heavy atom. The molecule has 1 aliphatic heterocycles. The Hall–Kier alpha value is -2.79. The number of benzene rings is 2. The minimum absolute atomic E-state index is 0.0905. The van der Waals surface area contributed by atoms with Crippen LogP contribution in [0.15, 0.2) is 36.4 Å². The normalized spacial score (nSPS) is 18.2. The van der Waals surface area contributed by atoms with Crippen molar-refractivity contribution >= 4 is 22.4 Å². The number of hydrogen-bond acceptors (Lipinski definition) is 4. The number of H-pyrrole nitrogens is 1. The minimum Gasteiger partial charge on any atom is -0.493 e. The zero-order valence-corrected chi connectivity index (χ0v) is 17.9. The summed E-state index contributed by atoms with van der Waals surface area (Å²) < 4.78 is 6.16. The van der Waals surface area contributed by atoms with Crippen molar-refractivity contribution in [1.82, 2.24) is 10.3 Å². The molecule has 3 aromatic rings. The highest BCUT2D eigenvalue weighted by Crippen LogP contribution is 2.45. The van der Waals surface area contributed by atoms with Crippen LogP contribution in [0.4, 0.5) is 5.69 Å². The first-order valence-corrected chi connectivity index (χ1v) is 10.9. The van der Waals surface area contributed by atoms with Crippen molar-refractivity contribution in [2.24, 2.45) is 5.92 Å². The van der Waals surface area contributed by atoms with Gasteiger partial charge in [0.1, 0.15) is 5.75 Å². The lowest BCUT2D eigenvalue weighted by atomic mass is 9.71. The van der Waals surface area contributed by atoms with Gasteiger partial charge in [-0.25, -0.2) is 0 Å². The predicted octanol–water partition coefficient (Wildman–Crippen LogP) is 4.46. The fourth-order valence-corrected chi connectivity index (χ4v) is 4.92. The van der Waals surface area contributed by atoms with Crippen LogP contribution in [0.3, 0.4) is 0 Å². The third kappa shape index (κ3) is 3.00. The van der Waals surface area contributed by atoms with Gasteiger partial charge in [0, 0.05) is 40.3 Å². The van der Waals surface area contributed by atoms with E-state index in [2.05, 4.69) is 41.6 Å². The summed E-state index contributed by atoms with van der Waals surface area (Å²) in [6, 6.07) is 12.1. The van der Waals surface area contributed by atoms with E-state index >= 15 is 0 Å². The van der Waals surface area contributed by atoms with Crippen LogP contribution in [-0.2, 0) is 5.41 Å². The Labute approximate surface area is 177 Å². The van der Waals surface area contributed by atoms with Gasteiger partial charge in [0.2, 0.25) is 0 Å². The molecular formula is C25H29N3O2. The van der Waals surface area contributed by atoms with E-state index < -0.39 is 0 Å². The van der Waals surface area contributed by atoms with E-state index in [0.717, 1.165) is 77.3 Å². The quantitative estimate of drug-likeness (QED) is 0.602. The van der Waals surface area contributed by atoms with E-state index in [-0.39, 0.29) is 11.2 Å². The molecule has 0 atom stereocenters. The summed E-state index contributed by atoms with van der Waals surface area (Å²) in [5.41, 5.74) is 5.29. The second kappa shape index (κ2) is 7.17. The molecule has 1 aliphatic carbocycles. The topological polar surface area (TPSA) is 66.2 Å². The Bertz CT molecular complexity index is 1120. The molecule has 1 saturated heterocycles. The Morgan fingerprint density at radius 3 is 2.70 bits per heavy atom. The van der Waals surface area contributed by atoms with E-state index in [1.165, 1.54) is 0 Å². The summed E-state index contributed by atoms with van der Waals surface area (Å²) in [4.78, 5) is 17.0. The lowest BCUT2D eigenvalue weighted by Gasteiger charge is -2.32. The van der Waals surface area contributed by atoms with Crippen LogP contribution in [0.5, 0.6) is 5.75 Å². The Balaban J connectivity index is 1.52. The van der Waals surface area contributed by atoms with Crippen LogP contribution in [0.2, 0.25) is 0 Å². The van der Waals surface area contributed by atoms with Crippen molar-refractivity contribution in [1.29, 1.82) is 0 Å². The first kappa shape index (κ1) is 19.2. The number of fused-ring (bicyclic) bond motifs is 4. The average Bonchev–Trinajstić information content (AvgIpc) is 3.17. The van der Waals surface area contributed by atoms with E-state index in [4.69, 9.17) is 4.74 Å². The maximum Gasteiger partial charge on any atom is 0.195 e. The van der Waals surface area contributed by atoms with E-state index in [1.54, 1.807) is 0 Å². The minimum atomic E-state index is -0.314. The number of carbonyl (C=O) groups is 1. The Kier molecular flexibility index (Phi) is 4.58. The van der Waals surface area contributed by atoms with Gasteiger partial charge in [-0.3, -0.25) is 4.79 Å². The summed E-state index contributed by atoms with van der Waals surface area (Å²) in [7, 11) is 1.90. The molecule has 156 valence electrons.